The highest BCUT2D eigenvalue weighted by Gasteiger charge is 2.24. The Labute approximate surface area is 198 Å². The van der Waals surface area contributed by atoms with Crippen LogP contribution >= 0.6 is 0 Å². The molecule has 2 aliphatic rings. The van der Waals surface area contributed by atoms with Gasteiger partial charge in [-0.2, -0.15) is 0 Å². The van der Waals surface area contributed by atoms with Crippen LogP contribution in [0.15, 0.2) is 42.5 Å². The summed E-state index contributed by atoms with van der Waals surface area (Å²) in [5, 5.41) is 42.0. The number of phenolic OH excluding ortho intramolecular Hbond substituents is 4. The van der Waals surface area contributed by atoms with Crippen molar-refractivity contribution in [1.82, 2.24) is 19.9 Å². The van der Waals surface area contributed by atoms with E-state index in [9.17, 15) is 20.4 Å². The number of aromatic nitrogens is 4. The minimum absolute atomic E-state index is 0.0145. The number of benzene rings is 1. The maximum atomic E-state index is 10.7. The number of nitrogens with one attached hydrogen (secondary N) is 2. The van der Waals surface area contributed by atoms with Gasteiger partial charge in [0.25, 0.3) is 0 Å². The maximum absolute atomic E-state index is 10.7. The summed E-state index contributed by atoms with van der Waals surface area (Å²) < 4.78 is 0. The van der Waals surface area contributed by atoms with Crippen LogP contribution in [-0.2, 0) is 0 Å². The first kappa shape index (κ1) is 20.6. The number of nitrogens with zero attached hydrogens (tertiary/aromatic N) is 2. The molecule has 0 aliphatic carbocycles. The minimum Gasteiger partial charge on any atom is -0.504 e. The lowest BCUT2D eigenvalue weighted by atomic mass is 10.00. The van der Waals surface area contributed by atoms with Gasteiger partial charge in [0.1, 0.15) is 0 Å². The third-order valence-corrected chi connectivity index (χ3v) is 6.07. The number of H-pyrrole nitrogens is 2. The average Bonchev–Trinajstić information content (AvgIpc) is 3.62. The summed E-state index contributed by atoms with van der Waals surface area (Å²) in [5.74, 6) is -2.05. The molecule has 1 aromatic carbocycles. The van der Waals surface area contributed by atoms with Gasteiger partial charge < -0.3 is 30.4 Å². The van der Waals surface area contributed by atoms with Gasteiger partial charge in [0, 0.05) is 33.2 Å². The smallest absolute Gasteiger partial charge is 0.169 e. The van der Waals surface area contributed by atoms with E-state index < -0.39 is 23.0 Å². The first-order chi connectivity index (χ1) is 16.9. The number of hydrogen-bond acceptors (Lipinski definition) is 6. The molecule has 8 nitrogen and oxygen atoms in total. The molecule has 0 amide bonds. The van der Waals surface area contributed by atoms with E-state index in [4.69, 9.17) is 0 Å². The largest absolute Gasteiger partial charge is 0.504 e. The monoisotopic (exact) mass is 464 g/mol. The topological polar surface area (TPSA) is 138 Å². The van der Waals surface area contributed by atoms with Crippen molar-refractivity contribution in [2.75, 3.05) is 0 Å². The molecule has 0 spiro atoms. The van der Waals surface area contributed by atoms with Crippen LogP contribution in [0.4, 0.5) is 0 Å². The number of phenols is 4. The van der Waals surface area contributed by atoms with Crippen molar-refractivity contribution in [1.29, 1.82) is 0 Å². The van der Waals surface area contributed by atoms with Gasteiger partial charge in [0.15, 0.2) is 23.0 Å². The summed E-state index contributed by atoms with van der Waals surface area (Å²) >= 11 is 0. The van der Waals surface area contributed by atoms with Crippen LogP contribution in [0.3, 0.4) is 0 Å². The maximum Gasteiger partial charge on any atom is 0.169 e. The molecule has 0 atom stereocenters. The van der Waals surface area contributed by atoms with Gasteiger partial charge in [-0.05, 0) is 73.7 Å². The van der Waals surface area contributed by atoms with Gasteiger partial charge in [-0.15, -0.1) is 0 Å². The van der Waals surface area contributed by atoms with Crippen LogP contribution in [0, 0.1) is 6.92 Å². The Kier molecular flexibility index (Phi) is 4.43. The third kappa shape index (κ3) is 3.48. The molecule has 8 bridgehead atoms. The zero-order valence-corrected chi connectivity index (χ0v) is 18.5. The van der Waals surface area contributed by atoms with Crippen molar-refractivity contribution < 1.29 is 20.4 Å². The standard InChI is InChI=1S/C27H20N4O4/c1-13-24(32)26(34)23(27(35)25(13)33)21-11-20-10-18-5-4-16(29-18)8-14-2-3-15(28-14)9-17-6-7-19(30-17)12-22(21)31-20/h2-12,29,31-35H,1H3. The van der Waals surface area contributed by atoms with Gasteiger partial charge in [-0.3, -0.25) is 0 Å². The van der Waals surface area contributed by atoms with Crippen molar-refractivity contribution in [3.63, 3.8) is 0 Å². The van der Waals surface area contributed by atoms with Crippen LogP contribution in [0.5, 0.6) is 23.0 Å². The van der Waals surface area contributed by atoms with Crippen molar-refractivity contribution in [3.05, 3.63) is 70.8 Å². The second-order valence-electron chi connectivity index (χ2n) is 8.48. The van der Waals surface area contributed by atoms with E-state index in [2.05, 4.69) is 19.9 Å². The van der Waals surface area contributed by atoms with Gasteiger partial charge in [-0.25, -0.2) is 9.97 Å². The van der Waals surface area contributed by atoms with Gasteiger partial charge >= 0.3 is 0 Å². The van der Waals surface area contributed by atoms with E-state index in [1.54, 1.807) is 12.1 Å². The summed E-state index contributed by atoms with van der Waals surface area (Å²) in [7, 11) is 0. The zero-order valence-electron chi connectivity index (χ0n) is 18.5. The Balaban J connectivity index is 1.71. The number of fused-ring (bicyclic) bond motifs is 8. The van der Waals surface area contributed by atoms with E-state index in [1.807, 2.05) is 54.6 Å². The molecule has 8 heteroatoms. The lowest BCUT2D eigenvalue weighted by molar-refractivity contribution is 0.371. The molecule has 5 heterocycles. The quantitative estimate of drug-likeness (QED) is 0.141. The number of hydrogen-bond donors (Lipinski definition) is 6. The lowest BCUT2D eigenvalue weighted by Crippen LogP contribution is -1.86. The highest BCUT2D eigenvalue weighted by atomic mass is 16.3. The fourth-order valence-electron chi connectivity index (χ4n) is 4.30. The number of aromatic hydroxyl groups is 4. The molecule has 0 saturated carbocycles. The molecule has 6 rings (SSSR count). The van der Waals surface area contributed by atoms with Crippen LogP contribution in [0.1, 0.15) is 28.3 Å². The molecule has 4 aromatic rings. The van der Waals surface area contributed by atoms with Crippen molar-refractivity contribution in [3.8, 4) is 34.1 Å². The molecule has 35 heavy (non-hydrogen) atoms. The Hall–Kier alpha value is -4.98. The van der Waals surface area contributed by atoms with E-state index in [0.29, 0.717) is 22.3 Å². The van der Waals surface area contributed by atoms with Crippen LogP contribution in [0.2, 0.25) is 0 Å². The average molecular weight is 464 g/mol. The van der Waals surface area contributed by atoms with Crippen LogP contribution in [-0.4, -0.2) is 40.4 Å². The second-order valence-corrected chi connectivity index (χ2v) is 8.48. The Morgan fingerprint density at radius 2 is 1.11 bits per heavy atom. The molecule has 2 aliphatic heterocycles. The third-order valence-electron chi connectivity index (χ3n) is 6.07. The van der Waals surface area contributed by atoms with Crippen molar-refractivity contribution in [2.24, 2.45) is 0 Å². The molecule has 0 radical (unpaired) electrons. The lowest BCUT2D eigenvalue weighted by Gasteiger charge is -2.12. The fraction of sp³-hybridized carbons (Fsp3) is 0.0370. The summed E-state index contributed by atoms with van der Waals surface area (Å²) in [6.45, 7) is 1.40. The fourth-order valence-corrected chi connectivity index (χ4v) is 4.30. The van der Waals surface area contributed by atoms with Crippen LogP contribution in [0.25, 0.3) is 57.5 Å². The summed E-state index contributed by atoms with van der Waals surface area (Å²) in [6.07, 6.45) is 7.58. The Morgan fingerprint density at radius 1 is 0.571 bits per heavy atom. The molecular formula is C27H20N4O4. The first-order valence-corrected chi connectivity index (χ1v) is 10.9. The minimum atomic E-state index is -0.525. The van der Waals surface area contributed by atoms with E-state index >= 15 is 0 Å². The highest BCUT2D eigenvalue weighted by molar-refractivity contribution is 5.95. The number of rotatable bonds is 1. The van der Waals surface area contributed by atoms with Gasteiger partial charge in [0.05, 0.1) is 28.3 Å². The van der Waals surface area contributed by atoms with E-state index in [-0.39, 0.29) is 11.1 Å². The van der Waals surface area contributed by atoms with Gasteiger partial charge in [0.2, 0.25) is 0 Å². The first-order valence-electron chi connectivity index (χ1n) is 10.9. The predicted octanol–water partition coefficient (Wildman–Crippen LogP) is 5.45. The Morgan fingerprint density at radius 3 is 1.74 bits per heavy atom. The SMILES string of the molecule is Cc1c(O)c(O)c(-c2cc3cc4ccc(cc5nc(cc6nc(cc2[nH]3)C=C6)C=C5)[nH]4)c(O)c1O. The summed E-state index contributed by atoms with van der Waals surface area (Å²) in [6, 6.07) is 13.0. The normalized spacial score (nSPS) is 12.4. The highest BCUT2D eigenvalue weighted by Crippen LogP contribution is 2.51. The van der Waals surface area contributed by atoms with E-state index in [1.165, 1.54) is 6.92 Å². The molecule has 0 unspecified atom stereocenters. The molecule has 3 aromatic heterocycles. The molecule has 0 fully saturated rings. The molecule has 172 valence electrons. The van der Waals surface area contributed by atoms with Crippen LogP contribution < -0.4 is 0 Å². The predicted molar refractivity (Wildman–Crippen MR) is 136 cm³/mol. The molecule has 6 N–H and O–H groups in total. The van der Waals surface area contributed by atoms with Gasteiger partial charge in [-0.1, -0.05) is 0 Å². The van der Waals surface area contributed by atoms with Crippen molar-refractivity contribution >= 4 is 46.4 Å². The van der Waals surface area contributed by atoms with E-state index in [0.717, 1.165) is 28.1 Å². The second kappa shape index (κ2) is 7.53. The van der Waals surface area contributed by atoms with Crippen molar-refractivity contribution in [2.45, 2.75) is 6.92 Å². The Bertz CT molecular complexity index is 1730. The zero-order chi connectivity index (χ0) is 24.3. The molecular weight excluding hydrogens is 444 g/mol. The summed E-state index contributed by atoms with van der Waals surface area (Å²) in [4.78, 5) is 15.8. The molecule has 0 saturated heterocycles. The summed E-state index contributed by atoms with van der Waals surface area (Å²) in [5.41, 5.74) is 6.14. The number of aromatic amines is 2.